The number of carbonyl (C=O) groups excluding carboxylic acids is 5. The number of H-pyrrole nitrogens is 1. The molecule has 3 aromatic heterocycles. The number of aromatic amines is 1. The van der Waals surface area contributed by atoms with Crippen LogP contribution in [0.15, 0.2) is 72.5 Å². The van der Waals surface area contributed by atoms with E-state index in [-0.39, 0.29) is 79.6 Å². The molecule has 5 aromatic rings. The molecule has 19 heteroatoms. The molecule has 0 radical (unpaired) electrons. The number of nitrogens with zero attached hydrogens (tertiary/aromatic N) is 6. The van der Waals surface area contributed by atoms with Gasteiger partial charge in [-0.15, -0.1) is 11.3 Å². The lowest BCUT2D eigenvalue weighted by atomic mass is 9.61. The molecular weight excluding hydrogens is 955 g/mol. The maximum atomic E-state index is 14.8. The molecule has 3 aliphatic carbocycles. The number of rotatable bonds is 17. The summed E-state index contributed by atoms with van der Waals surface area (Å²) in [6.07, 6.45) is 4.93. The Morgan fingerprint density at radius 3 is 2.33 bits per heavy atom. The summed E-state index contributed by atoms with van der Waals surface area (Å²) in [6.45, 7) is 12.2. The lowest BCUT2D eigenvalue weighted by Gasteiger charge is -2.49. The fraction of sp³-hybridized carbons (Fsp3) is 0.519. The van der Waals surface area contributed by atoms with E-state index >= 15 is 0 Å². The number of thiazole rings is 1. The lowest BCUT2D eigenvalue weighted by Crippen LogP contribution is -2.57. The number of carbonyl (C=O) groups is 5. The first-order chi connectivity index (χ1) is 34.8. The van der Waals surface area contributed by atoms with Crippen molar-refractivity contribution in [3.8, 4) is 10.4 Å². The first-order valence-corrected chi connectivity index (χ1v) is 26.4. The maximum absolute atomic E-state index is 14.8. The molecule has 10 rings (SSSR count). The number of benzene rings is 2. The third-order valence-corrected chi connectivity index (χ3v) is 16.6. The number of halogens is 2. The Morgan fingerprint density at radius 1 is 0.932 bits per heavy atom. The Kier molecular flexibility index (Phi) is 14.7. The molecule has 388 valence electrons. The minimum Gasteiger partial charge on any atom is -0.391 e. The van der Waals surface area contributed by atoms with E-state index < -0.39 is 53.2 Å². The van der Waals surface area contributed by atoms with E-state index in [2.05, 4.69) is 36.2 Å². The second kappa shape index (κ2) is 20.9. The third kappa shape index (κ3) is 10.7. The molecular formula is C54H66F2N10O6S. The molecule has 73 heavy (non-hydrogen) atoms. The van der Waals surface area contributed by atoms with Crippen LogP contribution in [-0.2, 0) is 32.0 Å². The molecule has 5 amide bonds. The molecule has 3 fully saturated rings. The summed E-state index contributed by atoms with van der Waals surface area (Å²) in [7, 11) is 0. The third-order valence-electron chi connectivity index (χ3n) is 15.6. The number of nitrogens with one attached hydrogen (secondary N) is 4. The van der Waals surface area contributed by atoms with Crippen LogP contribution < -0.4 is 16.0 Å². The molecule has 2 bridgehead atoms. The van der Waals surface area contributed by atoms with Crippen LogP contribution in [0.25, 0.3) is 10.4 Å². The summed E-state index contributed by atoms with van der Waals surface area (Å²) in [5.41, 5.74) is 6.70. The summed E-state index contributed by atoms with van der Waals surface area (Å²) in [5.74, 6) is -6.03. The fourth-order valence-corrected chi connectivity index (χ4v) is 12.1. The average molecular weight is 1020 g/mol. The number of aliphatic hydroxyl groups excluding tert-OH is 1. The summed E-state index contributed by atoms with van der Waals surface area (Å²) in [5, 5.41) is 31.3. The van der Waals surface area contributed by atoms with Crippen LogP contribution in [0, 0.1) is 36.0 Å². The van der Waals surface area contributed by atoms with Gasteiger partial charge in [-0.3, -0.25) is 33.8 Å². The van der Waals surface area contributed by atoms with Gasteiger partial charge in [-0.1, -0.05) is 88.7 Å². The van der Waals surface area contributed by atoms with Crippen molar-refractivity contribution in [2.75, 3.05) is 25.0 Å². The smallest absolute Gasteiger partial charge is 0.276 e. The van der Waals surface area contributed by atoms with Gasteiger partial charge in [0, 0.05) is 74.1 Å². The van der Waals surface area contributed by atoms with Gasteiger partial charge in [-0.25, -0.2) is 13.8 Å². The summed E-state index contributed by atoms with van der Waals surface area (Å²) in [4.78, 5) is 76.8. The van der Waals surface area contributed by atoms with E-state index in [0.717, 1.165) is 27.3 Å². The second-order valence-corrected chi connectivity index (χ2v) is 22.6. The Bertz CT molecular complexity index is 2820. The predicted octanol–water partition coefficient (Wildman–Crippen LogP) is 7.27. The number of aliphatic hydroxyl groups is 1. The number of β-amino-alcohol motifs (C(OH)–C–C–N with tert-alkyl or cyclic N) is 1. The van der Waals surface area contributed by atoms with E-state index in [0.29, 0.717) is 55.7 Å². The number of hydrogen-bond donors (Lipinski definition) is 5. The topological polar surface area (TPSA) is 208 Å². The number of anilines is 1. The van der Waals surface area contributed by atoms with Crippen LogP contribution in [-0.4, -0.2) is 113 Å². The highest BCUT2D eigenvalue weighted by molar-refractivity contribution is 7.13. The number of aryl methyl sites for hydroxylation is 1. The van der Waals surface area contributed by atoms with Crippen LogP contribution in [0.2, 0.25) is 0 Å². The largest absolute Gasteiger partial charge is 0.391 e. The van der Waals surface area contributed by atoms with Gasteiger partial charge in [0.15, 0.2) is 5.69 Å². The van der Waals surface area contributed by atoms with Gasteiger partial charge in [0.1, 0.15) is 12.1 Å². The first-order valence-electron chi connectivity index (χ1n) is 25.5. The molecule has 1 saturated carbocycles. The highest BCUT2D eigenvalue weighted by Crippen LogP contribution is 2.58. The second-order valence-electron chi connectivity index (χ2n) is 21.7. The first kappa shape index (κ1) is 51.6. The average Bonchev–Trinajstić information content (AvgIpc) is 4.14. The molecule has 5 heterocycles. The molecule has 16 nitrogen and oxygen atoms in total. The number of likely N-dealkylation sites (tertiary alicyclic amines) is 2. The maximum Gasteiger partial charge on any atom is 0.276 e. The van der Waals surface area contributed by atoms with Crippen molar-refractivity contribution >= 4 is 46.6 Å². The molecule has 8 atom stereocenters. The SMILES string of the molecule is Cc1ncsc1-c1ccc([C@H](C)NC(=O)[C@@H]2C[C@@H](O)CN2C(=O)[C@@H](NC(=O)CCCCCC(=O)N2CC([C@@H](c3ccccc3)n3cc(NC(=O)c4n[nH]c5c4C[C@H]4[C@@H](C)C(C5)C4(F)F)cn3)C2)C(C)(C)C)cc1. The monoisotopic (exact) mass is 1020 g/mol. The summed E-state index contributed by atoms with van der Waals surface area (Å²) < 4.78 is 31.4. The van der Waals surface area contributed by atoms with Gasteiger partial charge >= 0.3 is 0 Å². The van der Waals surface area contributed by atoms with Crippen LogP contribution in [0.1, 0.15) is 124 Å². The zero-order valence-electron chi connectivity index (χ0n) is 42.2. The Labute approximate surface area is 428 Å². The summed E-state index contributed by atoms with van der Waals surface area (Å²) in [6, 6.07) is 15.3. The number of aromatic nitrogens is 5. The van der Waals surface area contributed by atoms with Crippen LogP contribution in [0.3, 0.4) is 0 Å². The Hall–Kier alpha value is -6.34. The molecule has 5 N–H and O–H groups in total. The molecule has 5 aliphatic rings. The number of amides is 5. The number of unbranched alkanes of at least 4 members (excludes halogenated alkanes) is 2. The van der Waals surface area contributed by atoms with E-state index in [1.807, 2.05) is 107 Å². The van der Waals surface area contributed by atoms with Crippen molar-refractivity contribution in [1.82, 2.24) is 45.4 Å². The molecule has 2 saturated heterocycles. The van der Waals surface area contributed by atoms with E-state index in [4.69, 9.17) is 0 Å². The molecule has 0 spiro atoms. The highest BCUT2D eigenvalue weighted by atomic mass is 32.1. The van der Waals surface area contributed by atoms with Crippen molar-refractivity contribution in [2.45, 2.75) is 129 Å². The lowest BCUT2D eigenvalue weighted by molar-refractivity contribution is -0.221. The minimum atomic E-state index is -2.76. The quantitative estimate of drug-likeness (QED) is 0.0593. The Morgan fingerprint density at radius 2 is 1.64 bits per heavy atom. The minimum absolute atomic E-state index is 0.0165. The summed E-state index contributed by atoms with van der Waals surface area (Å²) >= 11 is 1.57. The van der Waals surface area contributed by atoms with Gasteiger partial charge in [0.25, 0.3) is 11.8 Å². The van der Waals surface area contributed by atoms with E-state index in [1.54, 1.807) is 28.4 Å². The normalized spacial score (nSPS) is 22.5. The fourth-order valence-electron chi connectivity index (χ4n) is 11.3. The van der Waals surface area contributed by atoms with Crippen LogP contribution in [0.5, 0.6) is 0 Å². The number of hydrogen-bond acceptors (Lipinski definition) is 10. The van der Waals surface area contributed by atoms with Crippen molar-refractivity contribution in [1.29, 1.82) is 0 Å². The van der Waals surface area contributed by atoms with Crippen molar-refractivity contribution in [3.05, 3.63) is 106 Å². The molecule has 2 aromatic carbocycles. The molecule has 1 unspecified atom stereocenters. The van der Waals surface area contributed by atoms with E-state index in [1.165, 1.54) is 4.90 Å². The van der Waals surface area contributed by atoms with Crippen LogP contribution >= 0.6 is 11.3 Å². The van der Waals surface area contributed by atoms with Gasteiger partial charge < -0.3 is 30.9 Å². The van der Waals surface area contributed by atoms with Crippen LogP contribution in [0.4, 0.5) is 14.5 Å². The number of alkyl halides is 2. The highest BCUT2D eigenvalue weighted by Gasteiger charge is 2.64. The van der Waals surface area contributed by atoms with Gasteiger partial charge in [-0.2, -0.15) is 10.2 Å². The van der Waals surface area contributed by atoms with Crippen molar-refractivity contribution < 1.29 is 37.9 Å². The van der Waals surface area contributed by atoms with E-state index in [9.17, 15) is 37.9 Å². The van der Waals surface area contributed by atoms with Gasteiger partial charge in [0.2, 0.25) is 23.6 Å². The zero-order chi connectivity index (χ0) is 51.9. The Balaban J connectivity index is 0.730. The van der Waals surface area contributed by atoms with Gasteiger partial charge in [-0.05, 0) is 67.6 Å². The van der Waals surface area contributed by atoms with Crippen molar-refractivity contribution in [2.24, 2.45) is 29.1 Å². The zero-order valence-corrected chi connectivity index (χ0v) is 43.1. The van der Waals surface area contributed by atoms with Crippen molar-refractivity contribution in [3.63, 3.8) is 0 Å². The molecule has 2 aliphatic heterocycles. The van der Waals surface area contributed by atoms with Gasteiger partial charge in [0.05, 0.1) is 46.2 Å². The predicted molar refractivity (Wildman–Crippen MR) is 271 cm³/mol. The standard InChI is InChI=1S/C54H66F2N10O6S/c1-30-40-22-39-42(23-41(30)54(40,55)56)62-63-46(39)51(71)60-37-24-58-66(27-37)47(34-13-9-7-10-14-34)36-25-64(26-36)45(69)16-12-8-11-15-44(68)61-49(53(4,5)6)52(72)65-28-38(67)21-43(65)50(70)59-31(2)33-17-19-35(20-18-33)48-32(3)57-29-73-48/h7,9-10,13-14,17-20,24,27,29-31,36,38,40-41,43,47,49,67H,8,11-12,15-16,21-23,25-26,28H2,1-6H3,(H,59,70)(H,60,71)(H,61,68)(H,62,63)/t30-,31+,38-,40+,41?,43+,47-,49-/m1/s1.